The molecule has 0 radical (unpaired) electrons. The lowest BCUT2D eigenvalue weighted by molar-refractivity contribution is 0.372. The lowest BCUT2D eigenvalue weighted by atomic mass is 10.1. The molecule has 1 saturated heterocycles. The lowest BCUT2D eigenvalue weighted by Crippen LogP contribution is -2.38. The first-order chi connectivity index (χ1) is 8.63. The summed E-state index contributed by atoms with van der Waals surface area (Å²) in [4.78, 5) is 4.67. The van der Waals surface area contributed by atoms with Crippen LogP contribution in [0.1, 0.15) is 18.4 Å². The van der Waals surface area contributed by atoms with Gasteiger partial charge in [-0.25, -0.2) is 0 Å². The first-order valence-electron chi connectivity index (χ1n) is 6.38. The zero-order valence-corrected chi connectivity index (χ0v) is 12.5. The van der Waals surface area contributed by atoms with E-state index in [9.17, 15) is 0 Å². The summed E-state index contributed by atoms with van der Waals surface area (Å²) in [5.41, 5.74) is 2.27. The molecule has 0 bridgehead atoms. The quantitative estimate of drug-likeness (QED) is 0.781. The average molecular weight is 287 g/mol. The van der Waals surface area contributed by atoms with Gasteiger partial charge in [-0.05, 0) is 38.6 Å². The predicted octanol–water partition coefficient (Wildman–Crippen LogP) is 3.61. The van der Waals surface area contributed by atoms with E-state index in [4.69, 9.17) is 23.2 Å². The van der Waals surface area contributed by atoms with Crippen molar-refractivity contribution in [3.05, 3.63) is 28.8 Å². The van der Waals surface area contributed by atoms with Gasteiger partial charge in [0.2, 0.25) is 0 Å². The number of alkyl halides is 1. The Morgan fingerprint density at radius 1 is 1.39 bits per heavy atom. The lowest BCUT2D eigenvalue weighted by Gasteiger charge is -2.31. The number of benzene rings is 1. The van der Waals surface area contributed by atoms with Crippen molar-refractivity contribution < 1.29 is 0 Å². The standard InChI is InChI=1S/C14H20Cl2N2/c1-17(2)10-12-6-4-8-18(12)14-11(9-15)5-3-7-13(14)16/h3,5,7,12H,4,6,8-10H2,1-2H3. The van der Waals surface area contributed by atoms with E-state index < -0.39 is 0 Å². The van der Waals surface area contributed by atoms with Crippen LogP contribution in [0.25, 0.3) is 0 Å². The molecule has 1 aromatic rings. The first kappa shape index (κ1) is 14.0. The second-order valence-electron chi connectivity index (χ2n) is 5.13. The predicted molar refractivity (Wildman–Crippen MR) is 79.9 cm³/mol. The summed E-state index contributed by atoms with van der Waals surface area (Å²) in [6, 6.07) is 6.54. The molecule has 1 aliphatic heterocycles. The Hall–Kier alpha value is -0.440. The van der Waals surface area contributed by atoms with Crippen molar-refractivity contribution in [2.45, 2.75) is 24.8 Å². The van der Waals surface area contributed by atoms with Crippen molar-refractivity contribution in [2.75, 3.05) is 32.1 Å². The largest absolute Gasteiger partial charge is 0.366 e. The Kier molecular flexibility index (Phi) is 4.77. The van der Waals surface area contributed by atoms with Gasteiger partial charge in [-0.15, -0.1) is 11.6 Å². The molecule has 1 fully saturated rings. The topological polar surface area (TPSA) is 6.48 Å². The highest BCUT2D eigenvalue weighted by molar-refractivity contribution is 6.33. The van der Waals surface area contributed by atoms with Crippen LogP contribution < -0.4 is 4.90 Å². The van der Waals surface area contributed by atoms with Gasteiger partial charge in [0.15, 0.2) is 0 Å². The summed E-state index contributed by atoms with van der Waals surface area (Å²) >= 11 is 12.4. The maximum atomic E-state index is 6.38. The van der Waals surface area contributed by atoms with Crippen LogP contribution in [0.2, 0.25) is 5.02 Å². The molecular formula is C14H20Cl2N2. The molecular weight excluding hydrogens is 267 g/mol. The number of para-hydroxylation sites is 1. The van der Waals surface area contributed by atoms with E-state index >= 15 is 0 Å². The molecule has 0 amide bonds. The molecule has 1 aliphatic rings. The van der Waals surface area contributed by atoms with Crippen molar-refractivity contribution in [3.8, 4) is 0 Å². The molecule has 0 aliphatic carbocycles. The van der Waals surface area contributed by atoms with Crippen LogP contribution in [-0.2, 0) is 5.88 Å². The molecule has 0 saturated carbocycles. The Morgan fingerprint density at radius 2 is 2.17 bits per heavy atom. The average Bonchev–Trinajstić information content (AvgIpc) is 2.75. The maximum Gasteiger partial charge on any atom is 0.0642 e. The van der Waals surface area contributed by atoms with Crippen molar-refractivity contribution in [1.82, 2.24) is 4.90 Å². The van der Waals surface area contributed by atoms with E-state index in [1.165, 1.54) is 12.8 Å². The molecule has 100 valence electrons. The van der Waals surface area contributed by atoms with Gasteiger partial charge in [0.1, 0.15) is 0 Å². The summed E-state index contributed by atoms with van der Waals surface area (Å²) < 4.78 is 0. The van der Waals surface area contributed by atoms with Gasteiger partial charge >= 0.3 is 0 Å². The highest BCUT2D eigenvalue weighted by Crippen LogP contribution is 2.35. The minimum atomic E-state index is 0.515. The highest BCUT2D eigenvalue weighted by Gasteiger charge is 2.27. The number of likely N-dealkylation sites (N-methyl/N-ethyl adjacent to an activating group) is 1. The minimum Gasteiger partial charge on any atom is -0.366 e. The number of nitrogens with zero attached hydrogens (tertiary/aromatic N) is 2. The second kappa shape index (κ2) is 6.14. The molecule has 0 aromatic heterocycles. The molecule has 4 heteroatoms. The van der Waals surface area contributed by atoms with Crippen LogP contribution in [-0.4, -0.2) is 38.1 Å². The smallest absolute Gasteiger partial charge is 0.0642 e. The van der Waals surface area contributed by atoms with E-state index in [2.05, 4.69) is 30.0 Å². The third-order valence-electron chi connectivity index (χ3n) is 3.45. The summed E-state index contributed by atoms with van der Waals surface area (Å²) in [5.74, 6) is 0.515. The van der Waals surface area contributed by atoms with Gasteiger partial charge < -0.3 is 9.80 Å². The molecule has 0 spiro atoms. The summed E-state index contributed by atoms with van der Waals surface area (Å²) in [7, 11) is 4.23. The number of hydrogen-bond donors (Lipinski definition) is 0. The van der Waals surface area contributed by atoms with Crippen LogP contribution in [0, 0.1) is 0 Å². The van der Waals surface area contributed by atoms with Gasteiger partial charge in [-0.3, -0.25) is 0 Å². The second-order valence-corrected chi connectivity index (χ2v) is 5.81. The fourth-order valence-corrected chi connectivity index (χ4v) is 3.25. The van der Waals surface area contributed by atoms with Gasteiger partial charge in [0.25, 0.3) is 0 Å². The van der Waals surface area contributed by atoms with Crippen molar-refractivity contribution in [2.24, 2.45) is 0 Å². The SMILES string of the molecule is CN(C)CC1CCCN1c1c(Cl)cccc1CCl. The zero-order valence-electron chi connectivity index (χ0n) is 11.0. The summed E-state index contributed by atoms with van der Waals surface area (Å²) in [6.07, 6.45) is 2.45. The van der Waals surface area contributed by atoms with Crippen LogP contribution in [0.15, 0.2) is 18.2 Å². The van der Waals surface area contributed by atoms with Crippen LogP contribution in [0.5, 0.6) is 0 Å². The van der Waals surface area contributed by atoms with E-state index in [-0.39, 0.29) is 0 Å². The van der Waals surface area contributed by atoms with Gasteiger partial charge in [0, 0.05) is 25.0 Å². The third kappa shape index (κ3) is 2.93. The normalized spacial score (nSPS) is 19.8. The first-order valence-corrected chi connectivity index (χ1v) is 7.29. The van der Waals surface area contributed by atoms with E-state index in [1.54, 1.807) is 0 Å². The molecule has 1 aromatic carbocycles. The molecule has 2 nitrogen and oxygen atoms in total. The molecule has 1 heterocycles. The number of halogens is 2. The molecule has 0 N–H and O–H groups in total. The van der Waals surface area contributed by atoms with Crippen LogP contribution in [0.4, 0.5) is 5.69 Å². The summed E-state index contributed by atoms with van der Waals surface area (Å²) in [6.45, 7) is 2.14. The Labute approximate surface area is 119 Å². The molecule has 1 atom stereocenters. The van der Waals surface area contributed by atoms with Gasteiger partial charge in [0.05, 0.1) is 10.7 Å². The van der Waals surface area contributed by atoms with Crippen molar-refractivity contribution >= 4 is 28.9 Å². The van der Waals surface area contributed by atoms with Gasteiger partial charge in [-0.1, -0.05) is 23.7 Å². The van der Waals surface area contributed by atoms with Crippen molar-refractivity contribution in [3.63, 3.8) is 0 Å². The highest BCUT2D eigenvalue weighted by atomic mass is 35.5. The molecule has 1 unspecified atom stereocenters. The monoisotopic (exact) mass is 286 g/mol. The zero-order chi connectivity index (χ0) is 13.1. The van der Waals surface area contributed by atoms with Crippen molar-refractivity contribution in [1.29, 1.82) is 0 Å². The summed E-state index contributed by atoms with van der Waals surface area (Å²) in [5, 5.41) is 0.818. The number of rotatable bonds is 4. The number of anilines is 1. The van der Waals surface area contributed by atoms with E-state index in [1.807, 2.05) is 12.1 Å². The minimum absolute atomic E-state index is 0.515. The van der Waals surface area contributed by atoms with Gasteiger partial charge in [-0.2, -0.15) is 0 Å². The van der Waals surface area contributed by atoms with Crippen LogP contribution >= 0.6 is 23.2 Å². The van der Waals surface area contributed by atoms with Crippen LogP contribution in [0.3, 0.4) is 0 Å². The third-order valence-corrected chi connectivity index (χ3v) is 4.05. The fraction of sp³-hybridized carbons (Fsp3) is 0.571. The maximum absolute atomic E-state index is 6.38. The number of hydrogen-bond acceptors (Lipinski definition) is 2. The fourth-order valence-electron chi connectivity index (χ4n) is 2.73. The molecule has 2 rings (SSSR count). The van der Waals surface area contributed by atoms with E-state index in [0.29, 0.717) is 11.9 Å². The Balaban J connectivity index is 2.29. The Morgan fingerprint density at radius 3 is 2.83 bits per heavy atom. The molecule has 18 heavy (non-hydrogen) atoms. The van der Waals surface area contributed by atoms with E-state index in [0.717, 1.165) is 29.4 Å². The Bertz CT molecular complexity index is 407.